The Labute approximate surface area is 119 Å². The molecule has 2 atom stereocenters. The van der Waals surface area contributed by atoms with Gasteiger partial charge in [0.25, 0.3) is 0 Å². The number of aliphatic hydroxyl groups is 1. The second-order valence-corrected chi connectivity index (χ2v) is 5.31. The highest BCUT2D eigenvalue weighted by Gasteiger charge is 2.39. The van der Waals surface area contributed by atoms with Crippen LogP contribution in [0.15, 0.2) is 0 Å². The molecule has 0 aliphatic carbocycles. The molecule has 1 aliphatic rings. The van der Waals surface area contributed by atoms with Crippen LogP contribution < -0.4 is 5.32 Å². The average Bonchev–Trinajstić information content (AvgIpc) is 2.78. The zero-order chi connectivity index (χ0) is 15.1. The third-order valence-corrected chi connectivity index (χ3v) is 2.96. The number of amides is 2. The van der Waals surface area contributed by atoms with Crippen LogP contribution in [0.5, 0.6) is 0 Å². The first-order valence-electron chi connectivity index (χ1n) is 6.83. The topological polar surface area (TPSA) is 88.1 Å². The molecule has 2 amide bonds. The second kappa shape index (κ2) is 8.06. The predicted octanol–water partition coefficient (Wildman–Crippen LogP) is -0.0232. The van der Waals surface area contributed by atoms with Gasteiger partial charge < -0.3 is 19.9 Å². The van der Waals surface area contributed by atoms with Gasteiger partial charge in [0.1, 0.15) is 6.04 Å². The van der Waals surface area contributed by atoms with E-state index in [1.165, 1.54) is 4.90 Å². The quantitative estimate of drug-likeness (QED) is 0.670. The zero-order valence-corrected chi connectivity index (χ0v) is 12.3. The van der Waals surface area contributed by atoms with Crippen LogP contribution in [0, 0.1) is 5.92 Å². The summed E-state index contributed by atoms with van der Waals surface area (Å²) in [6, 6.07) is -0.679. The largest absolute Gasteiger partial charge is 0.449 e. The third-order valence-electron chi connectivity index (χ3n) is 2.96. The van der Waals surface area contributed by atoms with Gasteiger partial charge in [-0.15, -0.1) is 0 Å². The summed E-state index contributed by atoms with van der Waals surface area (Å²) in [5.41, 5.74) is 0. The zero-order valence-electron chi connectivity index (χ0n) is 12.3. The average molecular weight is 288 g/mol. The lowest BCUT2D eigenvalue weighted by molar-refractivity contribution is -0.125. The Morgan fingerprint density at radius 2 is 2.15 bits per heavy atom. The van der Waals surface area contributed by atoms with Crippen molar-refractivity contribution in [3.8, 4) is 0 Å². The van der Waals surface area contributed by atoms with Crippen LogP contribution >= 0.6 is 0 Å². The molecule has 7 nitrogen and oxygen atoms in total. The number of carbonyl (C=O) groups is 2. The molecule has 2 N–H and O–H groups in total. The van der Waals surface area contributed by atoms with Gasteiger partial charge in [-0.3, -0.25) is 9.69 Å². The lowest BCUT2D eigenvalue weighted by atomic mass is 10.2. The SMILES string of the molecule is COCCNC(=O)C1CC(O)CN1C(=O)OCC(C)C. The van der Waals surface area contributed by atoms with Gasteiger partial charge in [-0.05, 0) is 5.92 Å². The molecule has 0 saturated carbocycles. The third kappa shape index (κ3) is 4.97. The van der Waals surface area contributed by atoms with E-state index in [0.29, 0.717) is 19.8 Å². The Balaban J connectivity index is 2.54. The Kier molecular flexibility index (Phi) is 6.74. The summed E-state index contributed by atoms with van der Waals surface area (Å²) in [5.74, 6) is -0.0689. The van der Waals surface area contributed by atoms with E-state index >= 15 is 0 Å². The molecule has 116 valence electrons. The number of carbonyl (C=O) groups excluding carboxylic acids is 2. The van der Waals surface area contributed by atoms with Crippen LogP contribution in [-0.4, -0.2) is 67.6 Å². The van der Waals surface area contributed by atoms with Gasteiger partial charge in [-0.1, -0.05) is 13.8 Å². The molecule has 1 heterocycles. The van der Waals surface area contributed by atoms with Gasteiger partial charge in [0.05, 0.1) is 25.9 Å². The number of aliphatic hydroxyl groups excluding tert-OH is 1. The standard InChI is InChI=1S/C13H24N2O5/c1-9(2)8-20-13(18)15-7-10(16)6-11(15)12(17)14-4-5-19-3/h9-11,16H,4-8H2,1-3H3,(H,14,17). The summed E-state index contributed by atoms with van der Waals surface area (Å²) in [4.78, 5) is 25.2. The van der Waals surface area contributed by atoms with Gasteiger partial charge >= 0.3 is 6.09 Å². The number of ether oxygens (including phenoxy) is 2. The van der Waals surface area contributed by atoms with E-state index in [1.54, 1.807) is 7.11 Å². The first-order valence-corrected chi connectivity index (χ1v) is 6.83. The Morgan fingerprint density at radius 3 is 2.75 bits per heavy atom. The molecule has 20 heavy (non-hydrogen) atoms. The van der Waals surface area contributed by atoms with Gasteiger partial charge in [-0.25, -0.2) is 4.79 Å². The minimum Gasteiger partial charge on any atom is -0.449 e. The minimum atomic E-state index is -0.695. The number of likely N-dealkylation sites (tertiary alicyclic amines) is 1. The van der Waals surface area contributed by atoms with Crippen molar-refractivity contribution < 1.29 is 24.2 Å². The second-order valence-electron chi connectivity index (χ2n) is 5.31. The highest BCUT2D eigenvalue weighted by molar-refractivity contribution is 5.86. The molecule has 0 bridgehead atoms. The van der Waals surface area contributed by atoms with E-state index in [9.17, 15) is 14.7 Å². The van der Waals surface area contributed by atoms with Gasteiger partial charge in [-0.2, -0.15) is 0 Å². The lowest BCUT2D eigenvalue weighted by Crippen LogP contribution is -2.47. The molecule has 0 radical (unpaired) electrons. The maximum atomic E-state index is 12.0. The van der Waals surface area contributed by atoms with Crippen LogP contribution in [-0.2, 0) is 14.3 Å². The summed E-state index contributed by atoms with van der Waals surface area (Å²) >= 11 is 0. The molecule has 7 heteroatoms. The predicted molar refractivity (Wildman–Crippen MR) is 72.2 cm³/mol. The van der Waals surface area contributed by atoms with Crippen LogP contribution in [0.25, 0.3) is 0 Å². The molecule has 1 aliphatic heterocycles. The molecule has 0 aromatic carbocycles. The van der Waals surface area contributed by atoms with E-state index in [0.717, 1.165) is 0 Å². The van der Waals surface area contributed by atoms with Gasteiger partial charge in [0, 0.05) is 20.1 Å². The molecule has 1 rings (SSSR count). The number of nitrogens with zero attached hydrogens (tertiary/aromatic N) is 1. The number of hydrogen-bond acceptors (Lipinski definition) is 5. The van der Waals surface area contributed by atoms with E-state index in [2.05, 4.69) is 5.32 Å². The highest BCUT2D eigenvalue weighted by atomic mass is 16.6. The maximum absolute atomic E-state index is 12.0. The fourth-order valence-corrected chi connectivity index (χ4v) is 1.98. The summed E-state index contributed by atoms with van der Waals surface area (Å²) in [6.07, 6.45) is -1.02. The smallest absolute Gasteiger partial charge is 0.410 e. The van der Waals surface area contributed by atoms with E-state index in [1.807, 2.05) is 13.8 Å². The molecule has 0 spiro atoms. The summed E-state index contributed by atoms with van der Waals surface area (Å²) < 4.78 is 9.96. The fourth-order valence-electron chi connectivity index (χ4n) is 1.98. The molecule has 1 saturated heterocycles. The maximum Gasteiger partial charge on any atom is 0.410 e. The summed E-state index contributed by atoms with van der Waals surface area (Å²) in [5, 5.41) is 12.3. The van der Waals surface area contributed by atoms with E-state index < -0.39 is 18.2 Å². The van der Waals surface area contributed by atoms with Crippen molar-refractivity contribution >= 4 is 12.0 Å². The van der Waals surface area contributed by atoms with E-state index in [4.69, 9.17) is 9.47 Å². The number of nitrogens with one attached hydrogen (secondary N) is 1. The van der Waals surface area contributed by atoms with Crippen molar-refractivity contribution in [2.45, 2.75) is 32.4 Å². The summed E-state index contributed by atoms with van der Waals surface area (Å²) in [6.45, 7) is 5.06. The molecule has 1 fully saturated rings. The fraction of sp³-hybridized carbons (Fsp3) is 0.846. The molecule has 0 aromatic rings. The van der Waals surface area contributed by atoms with Crippen molar-refractivity contribution in [3.63, 3.8) is 0 Å². The summed E-state index contributed by atoms with van der Waals surface area (Å²) in [7, 11) is 1.54. The van der Waals surface area contributed by atoms with E-state index in [-0.39, 0.29) is 24.8 Å². The van der Waals surface area contributed by atoms with Gasteiger partial charge in [0.2, 0.25) is 5.91 Å². The van der Waals surface area contributed by atoms with Crippen molar-refractivity contribution in [1.29, 1.82) is 0 Å². The van der Waals surface area contributed by atoms with Crippen molar-refractivity contribution in [1.82, 2.24) is 10.2 Å². The van der Waals surface area contributed by atoms with Crippen LogP contribution in [0.1, 0.15) is 20.3 Å². The monoisotopic (exact) mass is 288 g/mol. The highest BCUT2D eigenvalue weighted by Crippen LogP contribution is 2.19. The Morgan fingerprint density at radius 1 is 1.45 bits per heavy atom. The first kappa shape index (κ1) is 16.7. The first-order chi connectivity index (χ1) is 9.45. The molecule has 0 aromatic heterocycles. The number of rotatable bonds is 6. The normalized spacial score (nSPS) is 22.1. The van der Waals surface area contributed by atoms with Crippen molar-refractivity contribution in [2.24, 2.45) is 5.92 Å². The molecular formula is C13H24N2O5. The van der Waals surface area contributed by atoms with Crippen LogP contribution in [0.2, 0.25) is 0 Å². The number of hydrogen-bond donors (Lipinski definition) is 2. The molecule has 2 unspecified atom stereocenters. The van der Waals surface area contributed by atoms with Crippen molar-refractivity contribution in [2.75, 3.05) is 33.4 Å². The Hall–Kier alpha value is -1.34. The number of β-amino-alcohol motifs (C(OH)–C–C–N with tert-alkyl or cyclic N) is 1. The van der Waals surface area contributed by atoms with Gasteiger partial charge in [0.15, 0.2) is 0 Å². The van der Waals surface area contributed by atoms with Crippen LogP contribution in [0.4, 0.5) is 4.79 Å². The minimum absolute atomic E-state index is 0.124. The van der Waals surface area contributed by atoms with Crippen LogP contribution in [0.3, 0.4) is 0 Å². The number of methoxy groups -OCH3 is 1. The van der Waals surface area contributed by atoms with Crippen molar-refractivity contribution in [3.05, 3.63) is 0 Å². The Bertz CT molecular complexity index is 335. The lowest BCUT2D eigenvalue weighted by Gasteiger charge is -2.23. The molecular weight excluding hydrogens is 264 g/mol.